The van der Waals surface area contributed by atoms with Crippen LogP contribution in [0.15, 0.2) is 24.3 Å². The summed E-state index contributed by atoms with van der Waals surface area (Å²) in [6.45, 7) is 1.36. The van der Waals surface area contributed by atoms with Gasteiger partial charge in [-0.05, 0) is 37.1 Å². The van der Waals surface area contributed by atoms with Crippen LogP contribution in [0.25, 0.3) is 0 Å². The van der Waals surface area contributed by atoms with Crippen molar-refractivity contribution in [1.82, 2.24) is 10.2 Å². The molecule has 0 spiro atoms. The minimum absolute atomic E-state index is 0.125. The maximum Gasteiger partial charge on any atom is 0.320 e. The van der Waals surface area contributed by atoms with Gasteiger partial charge in [-0.2, -0.15) is 0 Å². The molecule has 1 aliphatic heterocycles. The number of rotatable bonds is 4. The molecule has 2 rings (SSSR count). The average molecular weight is 276 g/mol. The first-order valence-electron chi connectivity index (χ1n) is 6.89. The van der Waals surface area contributed by atoms with Crippen LogP contribution < -0.4 is 5.32 Å². The highest BCUT2D eigenvalue weighted by Crippen LogP contribution is 2.20. The second kappa shape index (κ2) is 6.52. The Labute approximate surface area is 118 Å². The predicted molar refractivity (Wildman–Crippen MR) is 75.5 cm³/mol. The Kier molecular flexibility index (Phi) is 4.74. The summed E-state index contributed by atoms with van der Waals surface area (Å²) in [5.74, 6) is -0.882. The highest BCUT2D eigenvalue weighted by atomic mass is 16.4. The van der Waals surface area contributed by atoms with Crippen molar-refractivity contribution in [3.63, 3.8) is 0 Å². The van der Waals surface area contributed by atoms with Gasteiger partial charge < -0.3 is 10.4 Å². The smallest absolute Gasteiger partial charge is 0.320 e. The Balaban J connectivity index is 2.12. The molecule has 1 saturated heterocycles. The summed E-state index contributed by atoms with van der Waals surface area (Å²) in [6, 6.07) is 6.94. The van der Waals surface area contributed by atoms with Gasteiger partial charge in [0.25, 0.3) is 5.91 Å². The number of carboxylic acid groups (broad SMARTS) is 1. The van der Waals surface area contributed by atoms with E-state index in [0.29, 0.717) is 18.5 Å². The second-order valence-corrected chi connectivity index (χ2v) is 5.10. The molecule has 2 N–H and O–H groups in total. The van der Waals surface area contributed by atoms with Gasteiger partial charge in [0, 0.05) is 19.2 Å². The highest BCUT2D eigenvalue weighted by Gasteiger charge is 2.28. The van der Waals surface area contributed by atoms with Gasteiger partial charge in [-0.25, -0.2) is 0 Å². The molecule has 1 atom stereocenters. The fourth-order valence-electron chi connectivity index (χ4n) is 2.65. The summed E-state index contributed by atoms with van der Waals surface area (Å²) in [5, 5.41) is 11.9. The van der Waals surface area contributed by atoms with Crippen molar-refractivity contribution < 1.29 is 14.7 Å². The van der Waals surface area contributed by atoms with Crippen LogP contribution in [0.1, 0.15) is 35.2 Å². The van der Waals surface area contributed by atoms with Crippen molar-refractivity contribution in [1.29, 1.82) is 0 Å². The molecule has 0 aliphatic carbocycles. The maximum absolute atomic E-state index is 11.6. The third kappa shape index (κ3) is 3.36. The first-order chi connectivity index (χ1) is 9.61. The lowest BCUT2D eigenvalue weighted by atomic mass is 10.0. The topological polar surface area (TPSA) is 69.6 Å². The third-order valence-electron chi connectivity index (χ3n) is 3.70. The van der Waals surface area contributed by atoms with E-state index in [2.05, 4.69) is 5.32 Å². The lowest BCUT2D eigenvalue weighted by Gasteiger charge is -2.32. The minimum Gasteiger partial charge on any atom is -0.480 e. The molecule has 1 amide bonds. The number of nitrogens with zero attached hydrogens (tertiary/aromatic N) is 1. The van der Waals surface area contributed by atoms with E-state index in [4.69, 9.17) is 0 Å². The van der Waals surface area contributed by atoms with Crippen molar-refractivity contribution in [3.05, 3.63) is 35.4 Å². The van der Waals surface area contributed by atoms with Gasteiger partial charge in [0.1, 0.15) is 6.04 Å². The Morgan fingerprint density at radius 3 is 2.90 bits per heavy atom. The molecule has 1 aliphatic rings. The summed E-state index contributed by atoms with van der Waals surface area (Å²) in [5.41, 5.74) is 1.58. The number of carboxylic acids is 1. The van der Waals surface area contributed by atoms with E-state index < -0.39 is 12.0 Å². The molecule has 20 heavy (non-hydrogen) atoms. The number of nitrogens with one attached hydrogen (secondary N) is 1. The molecular formula is C15H20N2O3. The number of benzene rings is 1. The Morgan fingerprint density at radius 2 is 2.20 bits per heavy atom. The molecule has 1 heterocycles. The second-order valence-electron chi connectivity index (χ2n) is 5.10. The number of piperidine rings is 1. The number of aliphatic carboxylic acids is 1. The largest absolute Gasteiger partial charge is 0.480 e. The molecule has 1 aromatic rings. The zero-order valence-corrected chi connectivity index (χ0v) is 11.6. The Bertz CT molecular complexity index is 502. The van der Waals surface area contributed by atoms with Crippen LogP contribution in [0.2, 0.25) is 0 Å². The third-order valence-corrected chi connectivity index (χ3v) is 3.70. The van der Waals surface area contributed by atoms with Crippen molar-refractivity contribution in [3.8, 4) is 0 Å². The number of carbonyl (C=O) groups excluding carboxylic acids is 1. The molecule has 5 heteroatoms. The van der Waals surface area contributed by atoms with Crippen LogP contribution in [-0.2, 0) is 11.3 Å². The Morgan fingerprint density at radius 1 is 1.40 bits per heavy atom. The van der Waals surface area contributed by atoms with Gasteiger partial charge in [0.05, 0.1) is 0 Å². The number of amides is 1. The summed E-state index contributed by atoms with van der Waals surface area (Å²) in [7, 11) is 1.60. The van der Waals surface area contributed by atoms with Gasteiger partial charge in [0.15, 0.2) is 0 Å². The molecule has 108 valence electrons. The van der Waals surface area contributed by atoms with Gasteiger partial charge in [-0.3, -0.25) is 14.5 Å². The van der Waals surface area contributed by atoms with Gasteiger partial charge in [0.2, 0.25) is 0 Å². The molecule has 1 unspecified atom stereocenters. The first kappa shape index (κ1) is 14.5. The summed E-state index contributed by atoms with van der Waals surface area (Å²) < 4.78 is 0. The summed E-state index contributed by atoms with van der Waals surface area (Å²) in [6.07, 6.45) is 2.69. The predicted octanol–water partition coefficient (Wildman–Crippen LogP) is 1.49. The Hall–Kier alpha value is -1.88. The van der Waals surface area contributed by atoms with E-state index in [0.717, 1.165) is 24.9 Å². The van der Waals surface area contributed by atoms with Crippen molar-refractivity contribution >= 4 is 11.9 Å². The average Bonchev–Trinajstić information content (AvgIpc) is 2.47. The molecule has 0 saturated carbocycles. The van der Waals surface area contributed by atoms with E-state index >= 15 is 0 Å². The number of hydrogen-bond donors (Lipinski definition) is 2. The van der Waals surface area contributed by atoms with E-state index in [1.165, 1.54) is 0 Å². The fraction of sp³-hybridized carbons (Fsp3) is 0.467. The lowest BCUT2D eigenvalue weighted by Crippen LogP contribution is -2.44. The van der Waals surface area contributed by atoms with Crippen molar-refractivity contribution in [2.45, 2.75) is 31.8 Å². The molecule has 1 fully saturated rings. The monoisotopic (exact) mass is 276 g/mol. The van der Waals surface area contributed by atoms with E-state index in [1.54, 1.807) is 13.1 Å². The number of likely N-dealkylation sites (tertiary alicyclic amines) is 1. The zero-order valence-electron chi connectivity index (χ0n) is 11.6. The van der Waals surface area contributed by atoms with Crippen LogP contribution in [0.5, 0.6) is 0 Å². The van der Waals surface area contributed by atoms with E-state index in [1.807, 2.05) is 23.1 Å². The highest BCUT2D eigenvalue weighted by molar-refractivity contribution is 5.94. The lowest BCUT2D eigenvalue weighted by molar-refractivity contribution is -0.144. The van der Waals surface area contributed by atoms with Crippen LogP contribution >= 0.6 is 0 Å². The van der Waals surface area contributed by atoms with Crippen LogP contribution in [0, 0.1) is 0 Å². The SMILES string of the molecule is CNC(=O)c1cccc(CN2CCCCC2C(=O)O)c1. The fourth-order valence-corrected chi connectivity index (χ4v) is 2.65. The van der Waals surface area contributed by atoms with Crippen molar-refractivity contribution in [2.75, 3.05) is 13.6 Å². The molecule has 1 aromatic carbocycles. The first-order valence-corrected chi connectivity index (χ1v) is 6.89. The summed E-state index contributed by atoms with van der Waals surface area (Å²) >= 11 is 0. The molecule has 0 radical (unpaired) electrons. The standard InChI is InChI=1S/C15H20N2O3/c1-16-14(18)12-6-4-5-11(9-12)10-17-8-3-2-7-13(17)15(19)20/h4-6,9,13H,2-3,7-8,10H2,1H3,(H,16,18)(H,19,20). The number of hydrogen-bond acceptors (Lipinski definition) is 3. The van der Waals surface area contributed by atoms with Crippen LogP contribution in [-0.4, -0.2) is 41.5 Å². The minimum atomic E-state index is -0.757. The van der Waals surface area contributed by atoms with Gasteiger partial charge in [-0.1, -0.05) is 18.6 Å². The normalized spacial score (nSPS) is 19.6. The van der Waals surface area contributed by atoms with Crippen LogP contribution in [0.4, 0.5) is 0 Å². The van der Waals surface area contributed by atoms with Crippen molar-refractivity contribution in [2.24, 2.45) is 0 Å². The van der Waals surface area contributed by atoms with E-state index in [9.17, 15) is 14.7 Å². The van der Waals surface area contributed by atoms with Gasteiger partial charge >= 0.3 is 5.97 Å². The molecular weight excluding hydrogens is 256 g/mol. The van der Waals surface area contributed by atoms with E-state index in [-0.39, 0.29) is 5.91 Å². The van der Waals surface area contributed by atoms with Crippen LogP contribution in [0.3, 0.4) is 0 Å². The quantitative estimate of drug-likeness (QED) is 0.874. The zero-order chi connectivity index (χ0) is 14.5. The molecule has 5 nitrogen and oxygen atoms in total. The number of carbonyl (C=O) groups is 2. The van der Waals surface area contributed by atoms with Gasteiger partial charge in [-0.15, -0.1) is 0 Å². The summed E-state index contributed by atoms with van der Waals surface area (Å²) in [4.78, 5) is 24.9. The maximum atomic E-state index is 11.6. The molecule has 0 aromatic heterocycles. The molecule has 0 bridgehead atoms.